The van der Waals surface area contributed by atoms with Gasteiger partial charge in [0.1, 0.15) is 18.1 Å². The van der Waals surface area contributed by atoms with E-state index in [0.29, 0.717) is 5.70 Å². The molecule has 0 aliphatic heterocycles. The Balaban J connectivity index is 1.63. The molecular weight excluding hydrogens is 408 g/mol. The number of hydrogen-bond acceptors (Lipinski definition) is 6. The summed E-state index contributed by atoms with van der Waals surface area (Å²) >= 11 is 0. The number of methoxy groups -OCH3 is 1. The summed E-state index contributed by atoms with van der Waals surface area (Å²) in [5.74, 6) is 1.60. The molecule has 1 aliphatic carbocycles. The van der Waals surface area contributed by atoms with Crippen LogP contribution in [0.15, 0.2) is 52.7 Å². The van der Waals surface area contributed by atoms with Crippen LogP contribution in [-0.2, 0) is 25.3 Å². The van der Waals surface area contributed by atoms with Crippen molar-refractivity contribution in [3.8, 4) is 17.0 Å². The second kappa shape index (κ2) is 9.25. The summed E-state index contributed by atoms with van der Waals surface area (Å²) in [6, 6.07) is 8.15. The minimum atomic E-state index is -0.308. The van der Waals surface area contributed by atoms with Gasteiger partial charge in [-0.1, -0.05) is 19.4 Å². The van der Waals surface area contributed by atoms with Crippen molar-refractivity contribution in [1.29, 1.82) is 0 Å². The monoisotopic (exact) mass is 436 g/mol. The van der Waals surface area contributed by atoms with Crippen LogP contribution < -0.4 is 10.4 Å². The molecule has 0 atom stereocenters. The van der Waals surface area contributed by atoms with E-state index in [1.165, 1.54) is 9.36 Å². The summed E-state index contributed by atoms with van der Waals surface area (Å²) in [5.41, 5.74) is 4.26. The molecule has 32 heavy (non-hydrogen) atoms. The van der Waals surface area contributed by atoms with Gasteiger partial charge in [-0.15, -0.1) is 0 Å². The quantitative estimate of drug-likeness (QED) is 0.539. The number of hydrogen-bond donors (Lipinski definition) is 0. The Kier molecular flexibility index (Phi) is 6.25. The van der Waals surface area contributed by atoms with Crippen LogP contribution in [0.3, 0.4) is 0 Å². The highest BCUT2D eigenvalue weighted by atomic mass is 16.5. The first-order valence-electron chi connectivity index (χ1n) is 10.7. The van der Waals surface area contributed by atoms with Crippen molar-refractivity contribution in [1.82, 2.24) is 29.6 Å². The van der Waals surface area contributed by atoms with Crippen molar-refractivity contribution in [3.63, 3.8) is 0 Å². The lowest BCUT2D eigenvalue weighted by Crippen LogP contribution is -2.26. The Morgan fingerprint density at radius 3 is 2.66 bits per heavy atom. The molecule has 1 aliphatic rings. The Hall–Kier alpha value is -3.62. The second-order valence-electron chi connectivity index (χ2n) is 7.77. The van der Waals surface area contributed by atoms with Crippen molar-refractivity contribution >= 4 is 5.70 Å². The zero-order chi connectivity index (χ0) is 22.7. The highest BCUT2D eigenvalue weighted by Crippen LogP contribution is 2.31. The zero-order valence-electron chi connectivity index (χ0n) is 18.9. The molecule has 0 N–H and O–H groups in total. The van der Waals surface area contributed by atoms with Gasteiger partial charge in [0, 0.05) is 32.3 Å². The average Bonchev–Trinajstić information content (AvgIpc) is 3.38. The lowest BCUT2D eigenvalue weighted by atomic mass is 10.0. The van der Waals surface area contributed by atoms with E-state index >= 15 is 0 Å². The van der Waals surface area contributed by atoms with Gasteiger partial charge in [0.15, 0.2) is 0 Å². The van der Waals surface area contributed by atoms with E-state index < -0.39 is 0 Å². The lowest BCUT2D eigenvalue weighted by Gasteiger charge is -2.21. The van der Waals surface area contributed by atoms with E-state index in [2.05, 4.69) is 28.5 Å². The fourth-order valence-corrected chi connectivity index (χ4v) is 3.88. The molecule has 0 bridgehead atoms. The van der Waals surface area contributed by atoms with Crippen LogP contribution in [0.25, 0.3) is 17.0 Å². The number of nitrogens with zero attached hydrogens (tertiary/aromatic N) is 6. The lowest BCUT2D eigenvalue weighted by molar-refractivity contribution is 0.261. The van der Waals surface area contributed by atoms with Gasteiger partial charge in [-0.3, -0.25) is 4.68 Å². The van der Waals surface area contributed by atoms with E-state index in [9.17, 15) is 4.79 Å². The predicted molar refractivity (Wildman–Crippen MR) is 121 cm³/mol. The molecule has 2 aromatic heterocycles. The number of aromatic nitrogens is 6. The van der Waals surface area contributed by atoms with Gasteiger partial charge in [-0.05, 0) is 53.1 Å². The number of benzene rings is 1. The number of tetrazole rings is 1. The summed E-state index contributed by atoms with van der Waals surface area (Å²) < 4.78 is 16.2. The van der Waals surface area contributed by atoms with E-state index in [4.69, 9.17) is 9.47 Å². The molecule has 4 rings (SSSR count). The number of aryl methyl sites for hydroxylation is 3. The van der Waals surface area contributed by atoms with Crippen LogP contribution in [0.4, 0.5) is 0 Å². The molecule has 168 valence electrons. The van der Waals surface area contributed by atoms with Gasteiger partial charge < -0.3 is 9.47 Å². The first-order chi connectivity index (χ1) is 15.5. The smallest absolute Gasteiger partial charge is 0.368 e. The SMILES string of the molecule is CCCc1cc(-c2ccn(C)n2)ccc1OCC1=C(OC)CCC=C1n1nnn(C)c1=O. The molecule has 0 radical (unpaired) electrons. The van der Waals surface area contributed by atoms with Gasteiger partial charge in [0.05, 0.1) is 24.1 Å². The zero-order valence-corrected chi connectivity index (χ0v) is 18.9. The summed E-state index contributed by atoms with van der Waals surface area (Å²) in [6.45, 7) is 2.41. The largest absolute Gasteiger partial charge is 0.501 e. The summed E-state index contributed by atoms with van der Waals surface area (Å²) in [4.78, 5) is 12.4. The first kappa shape index (κ1) is 21.6. The van der Waals surface area contributed by atoms with Crippen molar-refractivity contribution in [2.75, 3.05) is 13.7 Å². The van der Waals surface area contributed by atoms with Crippen LogP contribution >= 0.6 is 0 Å². The van der Waals surface area contributed by atoms with Crippen LogP contribution in [0.5, 0.6) is 5.75 Å². The Morgan fingerprint density at radius 2 is 2.00 bits per heavy atom. The number of ether oxygens (including phenoxy) is 2. The maximum Gasteiger partial charge on any atom is 0.368 e. The second-order valence-corrected chi connectivity index (χ2v) is 7.77. The number of rotatable bonds is 8. The van der Waals surface area contributed by atoms with Gasteiger partial charge >= 0.3 is 5.69 Å². The van der Waals surface area contributed by atoms with E-state index in [1.807, 2.05) is 37.5 Å². The summed E-state index contributed by atoms with van der Waals surface area (Å²) in [7, 11) is 5.13. The molecule has 0 saturated heterocycles. The standard InChI is InChI=1S/C23H28N6O3/c1-5-7-17-14-16(19-12-13-27(2)24-19)10-11-21(17)32-15-18-20(8-6-9-22(18)31-4)29-23(30)28(3)25-26-29/h8,10-14H,5-7,9,15H2,1-4H3. The van der Waals surface area contributed by atoms with E-state index in [0.717, 1.165) is 59.6 Å². The van der Waals surface area contributed by atoms with Crippen molar-refractivity contribution in [2.24, 2.45) is 14.1 Å². The third-order valence-corrected chi connectivity index (χ3v) is 5.51. The molecule has 2 heterocycles. The fraction of sp³-hybridized carbons (Fsp3) is 0.391. The predicted octanol–water partition coefficient (Wildman–Crippen LogP) is 2.94. The van der Waals surface area contributed by atoms with E-state index in [-0.39, 0.29) is 12.3 Å². The van der Waals surface area contributed by atoms with Crippen molar-refractivity contribution < 1.29 is 9.47 Å². The Morgan fingerprint density at radius 1 is 1.16 bits per heavy atom. The molecule has 0 spiro atoms. The van der Waals surface area contributed by atoms with Crippen LogP contribution in [-0.4, -0.2) is 43.3 Å². The van der Waals surface area contributed by atoms with Crippen LogP contribution in [0, 0.1) is 0 Å². The Bertz CT molecular complexity index is 1230. The van der Waals surface area contributed by atoms with Crippen molar-refractivity contribution in [2.45, 2.75) is 32.6 Å². The average molecular weight is 437 g/mol. The topological polar surface area (TPSA) is 89.0 Å². The molecule has 0 fully saturated rings. The molecular formula is C23H28N6O3. The third-order valence-electron chi connectivity index (χ3n) is 5.51. The van der Waals surface area contributed by atoms with Gasteiger partial charge in [0.25, 0.3) is 0 Å². The fourth-order valence-electron chi connectivity index (χ4n) is 3.88. The first-order valence-corrected chi connectivity index (χ1v) is 10.7. The molecule has 0 unspecified atom stereocenters. The minimum absolute atomic E-state index is 0.262. The maximum absolute atomic E-state index is 12.4. The molecule has 0 saturated carbocycles. The van der Waals surface area contributed by atoms with Gasteiger partial charge in [-0.2, -0.15) is 14.5 Å². The number of allylic oxidation sites excluding steroid dienone is 2. The molecule has 9 heteroatoms. The maximum atomic E-state index is 12.4. The van der Waals surface area contributed by atoms with Gasteiger partial charge in [-0.25, -0.2) is 4.79 Å². The van der Waals surface area contributed by atoms with Crippen LogP contribution in [0.2, 0.25) is 0 Å². The molecule has 0 amide bonds. The molecule has 9 nitrogen and oxygen atoms in total. The minimum Gasteiger partial charge on any atom is -0.501 e. The molecule has 3 aromatic rings. The highest BCUT2D eigenvalue weighted by Gasteiger charge is 2.23. The van der Waals surface area contributed by atoms with Crippen LogP contribution in [0.1, 0.15) is 31.7 Å². The normalized spacial score (nSPS) is 13.9. The third kappa shape index (κ3) is 4.23. The van der Waals surface area contributed by atoms with Gasteiger partial charge in [0.2, 0.25) is 0 Å². The highest BCUT2D eigenvalue weighted by molar-refractivity contribution is 5.66. The summed E-state index contributed by atoms with van der Waals surface area (Å²) in [5, 5.41) is 12.3. The van der Waals surface area contributed by atoms with Crippen molar-refractivity contribution in [3.05, 3.63) is 63.9 Å². The molecule has 1 aromatic carbocycles. The Labute approximate surface area is 186 Å². The summed E-state index contributed by atoms with van der Waals surface area (Å²) in [6.07, 6.45) is 7.30. The van der Waals surface area contributed by atoms with E-state index in [1.54, 1.807) is 18.8 Å².